The van der Waals surface area contributed by atoms with Crippen LogP contribution in [0.25, 0.3) is 0 Å². The number of hydrogen-bond donors (Lipinski definition) is 1. The molecule has 0 radical (unpaired) electrons. The van der Waals surface area contributed by atoms with Crippen LogP contribution < -0.4 is 5.32 Å². The number of hydrogen-bond acceptors (Lipinski definition) is 2. The maximum atomic E-state index is 6.42. The van der Waals surface area contributed by atoms with E-state index in [4.69, 9.17) is 16.3 Å². The zero-order valence-corrected chi connectivity index (χ0v) is 14.2. The second-order valence-corrected chi connectivity index (χ2v) is 6.52. The number of rotatable bonds is 9. The molecule has 2 rings (SSSR count). The minimum absolute atomic E-state index is 0.318. The van der Waals surface area contributed by atoms with Crippen LogP contribution in [-0.2, 0) is 11.2 Å². The fourth-order valence-electron chi connectivity index (χ4n) is 2.89. The molecule has 21 heavy (non-hydrogen) atoms. The van der Waals surface area contributed by atoms with Gasteiger partial charge in [0.25, 0.3) is 0 Å². The van der Waals surface area contributed by atoms with E-state index in [9.17, 15) is 0 Å². The molecule has 1 aliphatic rings. The molecule has 2 unspecified atom stereocenters. The van der Waals surface area contributed by atoms with Crippen LogP contribution in [-0.4, -0.2) is 25.3 Å². The standard InChI is InChI=1S/C18H28ClNO/c1-4-10-20-17(18(21-5-2)14-8-9-14)12-15-7-6-13(3)11-16(15)19/h6-7,11,14,17-18,20H,4-5,8-10,12H2,1-3H3. The molecule has 0 bridgehead atoms. The first-order valence-electron chi connectivity index (χ1n) is 8.25. The van der Waals surface area contributed by atoms with Crippen molar-refractivity contribution in [1.29, 1.82) is 0 Å². The zero-order chi connectivity index (χ0) is 15.2. The van der Waals surface area contributed by atoms with Crippen molar-refractivity contribution in [3.8, 4) is 0 Å². The number of aryl methyl sites for hydroxylation is 1. The van der Waals surface area contributed by atoms with Crippen LogP contribution in [0.2, 0.25) is 5.02 Å². The first kappa shape index (κ1) is 16.8. The van der Waals surface area contributed by atoms with Gasteiger partial charge in [-0.3, -0.25) is 0 Å². The number of halogens is 1. The highest BCUT2D eigenvalue weighted by molar-refractivity contribution is 6.31. The van der Waals surface area contributed by atoms with Gasteiger partial charge in [0, 0.05) is 17.7 Å². The zero-order valence-electron chi connectivity index (χ0n) is 13.5. The Morgan fingerprint density at radius 3 is 2.67 bits per heavy atom. The molecule has 0 saturated heterocycles. The first-order chi connectivity index (χ1) is 10.2. The smallest absolute Gasteiger partial charge is 0.0759 e. The Kier molecular flexibility index (Phi) is 6.53. The third kappa shape index (κ3) is 4.98. The van der Waals surface area contributed by atoms with E-state index in [-0.39, 0.29) is 0 Å². The van der Waals surface area contributed by atoms with Crippen LogP contribution >= 0.6 is 11.6 Å². The lowest BCUT2D eigenvalue weighted by Gasteiger charge is -2.28. The van der Waals surface area contributed by atoms with E-state index >= 15 is 0 Å². The largest absolute Gasteiger partial charge is 0.377 e. The lowest BCUT2D eigenvalue weighted by Crippen LogP contribution is -2.44. The van der Waals surface area contributed by atoms with Crippen LogP contribution in [0.15, 0.2) is 18.2 Å². The van der Waals surface area contributed by atoms with Crippen LogP contribution in [0.4, 0.5) is 0 Å². The fraction of sp³-hybridized carbons (Fsp3) is 0.667. The molecule has 2 nitrogen and oxygen atoms in total. The molecule has 0 spiro atoms. The summed E-state index contributed by atoms with van der Waals surface area (Å²) in [5.74, 6) is 0.725. The van der Waals surface area contributed by atoms with Crippen LogP contribution in [0, 0.1) is 12.8 Å². The minimum atomic E-state index is 0.318. The summed E-state index contributed by atoms with van der Waals surface area (Å²) in [6.45, 7) is 8.19. The van der Waals surface area contributed by atoms with E-state index in [2.05, 4.69) is 44.3 Å². The van der Waals surface area contributed by atoms with E-state index < -0.39 is 0 Å². The second kappa shape index (κ2) is 8.17. The molecule has 1 N–H and O–H groups in total. The molecule has 1 aromatic rings. The second-order valence-electron chi connectivity index (χ2n) is 6.12. The van der Waals surface area contributed by atoms with Crippen LogP contribution in [0.5, 0.6) is 0 Å². The predicted octanol–water partition coefficient (Wildman–Crippen LogP) is 4.37. The predicted molar refractivity (Wildman–Crippen MR) is 90.1 cm³/mol. The summed E-state index contributed by atoms with van der Waals surface area (Å²) in [5, 5.41) is 4.56. The Hall–Kier alpha value is -0.570. The van der Waals surface area contributed by atoms with Crippen LogP contribution in [0.3, 0.4) is 0 Å². The molecule has 0 heterocycles. The van der Waals surface area contributed by atoms with E-state index in [0.29, 0.717) is 12.1 Å². The Balaban J connectivity index is 2.10. The topological polar surface area (TPSA) is 21.3 Å². The number of nitrogens with one attached hydrogen (secondary N) is 1. The van der Waals surface area contributed by atoms with Gasteiger partial charge in [-0.1, -0.05) is 30.7 Å². The normalized spacial score (nSPS) is 17.7. The Morgan fingerprint density at radius 1 is 1.33 bits per heavy atom. The Bertz CT molecular complexity index is 445. The number of benzene rings is 1. The van der Waals surface area contributed by atoms with Crippen molar-refractivity contribution < 1.29 is 4.74 Å². The molecule has 0 aliphatic heterocycles. The van der Waals surface area contributed by atoms with Crippen molar-refractivity contribution in [1.82, 2.24) is 5.32 Å². The van der Waals surface area contributed by atoms with Gasteiger partial charge in [-0.25, -0.2) is 0 Å². The molecule has 1 saturated carbocycles. The Morgan fingerprint density at radius 2 is 2.10 bits per heavy atom. The van der Waals surface area contributed by atoms with E-state index in [0.717, 1.165) is 36.9 Å². The maximum absolute atomic E-state index is 6.42. The molecule has 1 aliphatic carbocycles. The van der Waals surface area contributed by atoms with Gasteiger partial charge in [0.2, 0.25) is 0 Å². The van der Waals surface area contributed by atoms with Gasteiger partial charge in [-0.2, -0.15) is 0 Å². The maximum Gasteiger partial charge on any atom is 0.0759 e. The van der Waals surface area contributed by atoms with E-state index in [1.54, 1.807) is 0 Å². The number of ether oxygens (including phenoxy) is 1. The third-order valence-corrected chi connectivity index (χ3v) is 4.50. The van der Waals surface area contributed by atoms with Gasteiger partial charge in [-0.15, -0.1) is 0 Å². The van der Waals surface area contributed by atoms with Gasteiger partial charge in [0.05, 0.1) is 6.10 Å². The first-order valence-corrected chi connectivity index (χ1v) is 8.63. The molecule has 0 amide bonds. The van der Waals surface area contributed by atoms with Crippen molar-refractivity contribution in [2.45, 2.75) is 58.6 Å². The molecular formula is C18H28ClNO. The van der Waals surface area contributed by atoms with Gasteiger partial charge in [-0.05, 0) is 69.2 Å². The molecule has 3 heteroatoms. The molecule has 0 aromatic heterocycles. The van der Waals surface area contributed by atoms with Crippen LogP contribution in [0.1, 0.15) is 44.2 Å². The summed E-state index contributed by atoms with van der Waals surface area (Å²) in [6, 6.07) is 6.72. The lowest BCUT2D eigenvalue weighted by atomic mass is 9.97. The summed E-state index contributed by atoms with van der Waals surface area (Å²) in [7, 11) is 0. The Labute approximate surface area is 134 Å². The van der Waals surface area contributed by atoms with Gasteiger partial charge < -0.3 is 10.1 Å². The monoisotopic (exact) mass is 309 g/mol. The molecule has 2 atom stereocenters. The minimum Gasteiger partial charge on any atom is -0.377 e. The average Bonchev–Trinajstić information content (AvgIpc) is 3.28. The fourth-order valence-corrected chi connectivity index (χ4v) is 3.20. The van der Waals surface area contributed by atoms with Gasteiger partial charge in [0.15, 0.2) is 0 Å². The summed E-state index contributed by atoms with van der Waals surface area (Å²) in [4.78, 5) is 0. The van der Waals surface area contributed by atoms with Crippen molar-refractivity contribution in [3.05, 3.63) is 34.3 Å². The van der Waals surface area contributed by atoms with E-state index in [1.807, 2.05) is 0 Å². The molecule has 1 fully saturated rings. The van der Waals surface area contributed by atoms with Crippen molar-refractivity contribution in [2.75, 3.05) is 13.2 Å². The summed E-state index contributed by atoms with van der Waals surface area (Å²) in [5.41, 5.74) is 2.44. The molecule has 118 valence electrons. The SMILES string of the molecule is CCCNC(Cc1ccc(C)cc1Cl)C(OCC)C1CC1. The highest BCUT2D eigenvalue weighted by Crippen LogP contribution is 2.37. The van der Waals surface area contributed by atoms with Crippen molar-refractivity contribution in [2.24, 2.45) is 5.92 Å². The molecular weight excluding hydrogens is 282 g/mol. The lowest BCUT2D eigenvalue weighted by molar-refractivity contribution is 0.0192. The summed E-state index contributed by atoms with van der Waals surface area (Å²) in [6.07, 6.45) is 5.01. The van der Waals surface area contributed by atoms with E-state index in [1.165, 1.54) is 24.0 Å². The summed E-state index contributed by atoms with van der Waals surface area (Å²) >= 11 is 6.42. The third-order valence-electron chi connectivity index (χ3n) is 4.15. The molecule has 1 aromatic carbocycles. The average molecular weight is 310 g/mol. The van der Waals surface area contributed by atoms with Crippen molar-refractivity contribution in [3.63, 3.8) is 0 Å². The highest BCUT2D eigenvalue weighted by atomic mass is 35.5. The van der Waals surface area contributed by atoms with Gasteiger partial charge in [0.1, 0.15) is 0 Å². The van der Waals surface area contributed by atoms with Crippen molar-refractivity contribution >= 4 is 11.6 Å². The quantitative estimate of drug-likeness (QED) is 0.731. The summed E-state index contributed by atoms with van der Waals surface area (Å²) < 4.78 is 6.06. The van der Waals surface area contributed by atoms with Gasteiger partial charge >= 0.3 is 0 Å². The highest BCUT2D eigenvalue weighted by Gasteiger charge is 2.37.